The Morgan fingerprint density at radius 2 is 1.55 bits per heavy atom. The van der Waals surface area contributed by atoms with E-state index in [1.54, 1.807) is 0 Å². The molecule has 1 aliphatic rings. The van der Waals surface area contributed by atoms with Crippen LogP contribution in [0.15, 0.2) is 113 Å². The van der Waals surface area contributed by atoms with Crippen molar-refractivity contribution in [2.24, 2.45) is 10.9 Å². The van der Waals surface area contributed by atoms with Crippen LogP contribution in [0.4, 0.5) is 0 Å². The highest BCUT2D eigenvalue weighted by atomic mass is 35.5. The van der Waals surface area contributed by atoms with Crippen LogP contribution in [0.5, 0.6) is 0 Å². The molecule has 2 atom stereocenters. The molecule has 29 heavy (non-hydrogen) atoms. The minimum Gasteiger partial charge on any atom is -0.289 e. The molecule has 144 valence electrons. The number of hydrogen-bond donors (Lipinski definition) is 0. The zero-order valence-electron chi connectivity index (χ0n) is 16.3. The Balaban J connectivity index is 1.63. The Hall–Kier alpha value is -2.47. The van der Waals surface area contributed by atoms with Crippen molar-refractivity contribution >= 4 is 36.3 Å². The standard InChI is InChI=1S/C26H23ClNP/c1-20(28-19-21-10-8-11-22(27)18-21)25-16-9-17-26(25)29(23-12-4-2-5-13-23)24-14-6-3-7-15-24/h2-20,25H,1H3/t20-,25?/m1/s1. The first-order valence-corrected chi connectivity index (χ1v) is 11.5. The number of hydrogen-bond acceptors (Lipinski definition) is 1. The second kappa shape index (κ2) is 9.35. The summed E-state index contributed by atoms with van der Waals surface area (Å²) >= 11 is 6.11. The molecule has 0 aromatic heterocycles. The van der Waals surface area contributed by atoms with Crippen LogP contribution in [0.2, 0.25) is 5.02 Å². The minimum absolute atomic E-state index is 0.149. The first-order valence-electron chi connectivity index (χ1n) is 9.80. The van der Waals surface area contributed by atoms with Crippen LogP contribution < -0.4 is 10.6 Å². The second-order valence-electron chi connectivity index (χ2n) is 7.08. The van der Waals surface area contributed by atoms with Crippen molar-refractivity contribution in [3.8, 4) is 0 Å². The van der Waals surface area contributed by atoms with Gasteiger partial charge in [0.05, 0.1) is 6.04 Å². The Labute approximate surface area is 179 Å². The number of nitrogens with zero attached hydrogens (tertiary/aromatic N) is 1. The molecule has 0 aliphatic heterocycles. The second-order valence-corrected chi connectivity index (χ2v) is 9.74. The fourth-order valence-corrected chi connectivity index (χ4v) is 6.47. The molecule has 4 rings (SSSR count). The lowest BCUT2D eigenvalue weighted by Crippen LogP contribution is -2.20. The van der Waals surface area contributed by atoms with Crippen LogP contribution >= 0.6 is 19.5 Å². The Morgan fingerprint density at radius 3 is 2.17 bits per heavy atom. The average molecular weight is 416 g/mol. The number of rotatable bonds is 6. The summed E-state index contributed by atoms with van der Waals surface area (Å²) in [5.74, 6) is 0.289. The van der Waals surface area contributed by atoms with Crippen LogP contribution in [0.1, 0.15) is 12.5 Å². The van der Waals surface area contributed by atoms with Gasteiger partial charge in [0.1, 0.15) is 0 Å². The number of aliphatic imine (C=N–C) groups is 1. The minimum atomic E-state index is -0.590. The monoisotopic (exact) mass is 415 g/mol. The van der Waals surface area contributed by atoms with E-state index in [0.717, 1.165) is 10.6 Å². The average Bonchev–Trinajstić information content (AvgIpc) is 3.23. The van der Waals surface area contributed by atoms with E-state index in [0.29, 0.717) is 0 Å². The fraction of sp³-hybridized carbons (Fsp3) is 0.115. The normalized spacial score (nSPS) is 17.1. The number of halogens is 1. The largest absolute Gasteiger partial charge is 0.289 e. The van der Waals surface area contributed by atoms with Gasteiger partial charge in [0, 0.05) is 17.2 Å². The van der Waals surface area contributed by atoms with Gasteiger partial charge in [-0.3, -0.25) is 4.99 Å². The molecule has 0 saturated heterocycles. The first-order chi connectivity index (χ1) is 14.2. The maximum absolute atomic E-state index is 6.11. The van der Waals surface area contributed by atoms with E-state index in [1.165, 1.54) is 15.9 Å². The van der Waals surface area contributed by atoms with Gasteiger partial charge in [-0.15, -0.1) is 0 Å². The molecule has 0 N–H and O–H groups in total. The Kier molecular flexibility index (Phi) is 6.39. The molecule has 0 saturated carbocycles. The molecule has 3 aromatic carbocycles. The summed E-state index contributed by atoms with van der Waals surface area (Å²) in [6.45, 7) is 2.19. The predicted octanol–water partition coefficient (Wildman–Crippen LogP) is 6.35. The van der Waals surface area contributed by atoms with E-state index >= 15 is 0 Å². The highest BCUT2D eigenvalue weighted by molar-refractivity contribution is 7.76. The van der Waals surface area contributed by atoms with Crippen molar-refractivity contribution in [1.29, 1.82) is 0 Å². The smallest absolute Gasteiger partial charge is 0.0575 e. The van der Waals surface area contributed by atoms with E-state index in [4.69, 9.17) is 16.6 Å². The van der Waals surface area contributed by atoms with Gasteiger partial charge in [-0.25, -0.2) is 0 Å². The van der Waals surface area contributed by atoms with Crippen molar-refractivity contribution < 1.29 is 0 Å². The molecular weight excluding hydrogens is 393 g/mol. The zero-order valence-corrected chi connectivity index (χ0v) is 18.0. The topological polar surface area (TPSA) is 12.4 Å². The van der Waals surface area contributed by atoms with E-state index in [-0.39, 0.29) is 12.0 Å². The zero-order chi connectivity index (χ0) is 20.1. The van der Waals surface area contributed by atoms with Gasteiger partial charge >= 0.3 is 0 Å². The lowest BCUT2D eigenvalue weighted by molar-refractivity contribution is 0.637. The van der Waals surface area contributed by atoms with Gasteiger partial charge in [-0.2, -0.15) is 0 Å². The number of allylic oxidation sites excluding steroid dienone is 2. The molecule has 1 unspecified atom stereocenters. The van der Waals surface area contributed by atoms with Crippen molar-refractivity contribution in [2.75, 3.05) is 0 Å². The van der Waals surface area contributed by atoms with Gasteiger partial charge in [0.2, 0.25) is 0 Å². The van der Waals surface area contributed by atoms with Gasteiger partial charge < -0.3 is 0 Å². The molecule has 0 bridgehead atoms. The molecular formula is C26H23ClNP. The van der Waals surface area contributed by atoms with Crippen molar-refractivity contribution in [2.45, 2.75) is 13.0 Å². The Bertz CT molecular complexity index is 1000. The van der Waals surface area contributed by atoms with E-state index < -0.39 is 7.92 Å². The van der Waals surface area contributed by atoms with Gasteiger partial charge in [0.15, 0.2) is 0 Å². The fourth-order valence-electron chi connectivity index (χ4n) is 3.60. The van der Waals surface area contributed by atoms with Crippen LogP contribution in [0.25, 0.3) is 0 Å². The molecule has 1 nitrogen and oxygen atoms in total. The maximum Gasteiger partial charge on any atom is 0.0575 e. The summed E-state index contributed by atoms with van der Waals surface area (Å²) in [4.78, 5) is 4.87. The maximum atomic E-state index is 6.11. The molecule has 0 amide bonds. The Morgan fingerprint density at radius 1 is 0.897 bits per heavy atom. The summed E-state index contributed by atoms with van der Waals surface area (Å²) in [6.07, 6.45) is 8.71. The summed E-state index contributed by atoms with van der Waals surface area (Å²) < 4.78 is 0. The van der Waals surface area contributed by atoms with Gasteiger partial charge in [-0.05, 0) is 48.5 Å². The SMILES string of the molecule is C[C@@H](N=Cc1cccc(Cl)c1)C1C=CC=C1P(c1ccccc1)c1ccccc1. The molecule has 3 heteroatoms. The van der Waals surface area contributed by atoms with E-state index in [1.807, 2.05) is 30.5 Å². The molecule has 1 aliphatic carbocycles. The van der Waals surface area contributed by atoms with Crippen molar-refractivity contribution in [1.82, 2.24) is 0 Å². The molecule has 3 aromatic rings. The van der Waals surface area contributed by atoms with Crippen LogP contribution in [-0.4, -0.2) is 12.3 Å². The molecule has 0 spiro atoms. The van der Waals surface area contributed by atoms with Crippen molar-refractivity contribution in [3.63, 3.8) is 0 Å². The third-order valence-electron chi connectivity index (χ3n) is 5.04. The quantitative estimate of drug-likeness (QED) is 0.328. The summed E-state index contributed by atoms with van der Waals surface area (Å²) in [5.41, 5.74) is 1.03. The number of benzene rings is 3. The molecule has 0 heterocycles. The summed E-state index contributed by atoms with van der Waals surface area (Å²) in [6, 6.07) is 29.6. The first kappa shape index (κ1) is 19.8. The lowest BCUT2D eigenvalue weighted by Gasteiger charge is -2.27. The molecule has 0 fully saturated rings. The van der Waals surface area contributed by atoms with Crippen molar-refractivity contribution in [3.05, 3.63) is 119 Å². The van der Waals surface area contributed by atoms with Gasteiger partial charge in [0.25, 0.3) is 0 Å². The highest BCUT2D eigenvalue weighted by Gasteiger charge is 2.29. The third-order valence-corrected chi connectivity index (χ3v) is 7.87. The lowest BCUT2D eigenvalue weighted by atomic mass is 10.0. The van der Waals surface area contributed by atoms with Crippen LogP contribution in [0, 0.1) is 5.92 Å². The van der Waals surface area contributed by atoms with Crippen LogP contribution in [-0.2, 0) is 0 Å². The molecule has 0 radical (unpaired) electrons. The van der Waals surface area contributed by atoms with E-state index in [9.17, 15) is 0 Å². The third kappa shape index (κ3) is 4.75. The highest BCUT2D eigenvalue weighted by Crippen LogP contribution is 2.50. The summed E-state index contributed by atoms with van der Waals surface area (Å²) in [7, 11) is -0.590. The predicted molar refractivity (Wildman–Crippen MR) is 128 cm³/mol. The van der Waals surface area contributed by atoms with Crippen LogP contribution in [0.3, 0.4) is 0 Å². The summed E-state index contributed by atoms with van der Waals surface area (Å²) in [5, 5.41) is 4.94. The van der Waals surface area contributed by atoms with E-state index in [2.05, 4.69) is 85.8 Å². The van der Waals surface area contributed by atoms with Gasteiger partial charge in [-0.1, -0.05) is 103 Å².